The van der Waals surface area contributed by atoms with E-state index in [0.717, 1.165) is 15.6 Å². The highest BCUT2D eigenvalue weighted by molar-refractivity contribution is 9.10. The lowest BCUT2D eigenvalue weighted by Gasteiger charge is -2.10. The monoisotopic (exact) mass is 423 g/mol. The summed E-state index contributed by atoms with van der Waals surface area (Å²) < 4.78 is 6.33. The molecule has 1 heterocycles. The molecule has 1 N–H and O–H groups in total. The van der Waals surface area contributed by atoms with Crippen molar-refractivity contribution in [1.29, 1.82) is 5.26 Å². The third-order valence-electron chi connectivity index (χ3n) is 4.12. The second kappa shape index (κ2) is 8.65. The summed E-state index contributed by atoms with van der Waals surface area (Å²) >= 11 is 3.39. The highest BCUT2D eigenvalue weighted by Crippen LogP contribution is 2.19. The van der Waals surface area contributed by atoms with E-state index < -0.39 is 11.9 Å². The van der Waals surface area contributed by atoms with Gasteiger partial charge in [-0.3, -0.25) is 0 Å². The van der Waals surface area contributed by atoms with Gasteiger partial charge in [0.15, 0.2) is 5.69 Å². The Morgan fingerprint density at radius 3 is 2.59 bits per heavy atom. The van der Waals surface area contributed by atoms with Crippen LogP contribution < -0.4 is 0 Å². The number of aromatic nitrogens is 2. The zero-order valence-corrected chi connectivity index (χ0v) is 16.4. The van der Waals surface area contributed by atoms with Gasteiger partial charge in [0.2, 0.25) is 0 Å². The van der Waals surface area contributed by atoms with Crippen LogP contribution >= 0.6 is 15.9 Å². The molecule has 0 saturated carbocycles. The Bertz CT molecular complexity index is 959. The van der Waals surface area contributed by atoms with Gasteiger partial charge in [-0.05, 0) is 31.0 Å². The van der Waals surface area contributed by atoms with Gasteiger partial charge in [0.05, 0.1) is 12.0 Å². The molecular weight excluding hydrogens is 406 g/mol. The first kappa shape index (κ1) is 18.9. The number of benzene rings is 2. The van der Waals surface area contributed by atoms with Crippen molar-refractivity contribution in [2.24, 2.45) is 5.92 Å². The van der Waals surface area contributed by atoms with E-state index in [4.69, 9.17) is 4.74 Å². The third kappa shape index (κ3) is 4.83. The minimum Gasteiger partial charge on any atom is -0.460 e. The van der Waals surface area contributed by atoms with Crippen LogP contribution in [0.15, 0.2) is 59.1 Å². The number of nitrogens with zero attached hydrogens (tertiary/aromatic N) is 2. The van der Waals surface area contributed by atoms with Gasteiger partial charge in [0.25, 0.3) is 0 Å². The molecule has 27 heavy (non-hydrogen) atoms. The lowest BCUT2D eigenvalue weighted by Crippen LogP contribution is -2.16. The summed E-state index contributed by atoms with van der Waals surface area (Å²) in [7, 11) is 0. The Balaban J connectivity index is 1.64. The van der Waals surface area contributed by atoms with E-state index in [-0.39, 0.29) is 12.3 Å². The molecule has 2 aromatic carbocycles. The van der Waals surface area contributed by atoms with Crippen molar-refractivity contribution in [3.8, 4) is 17.5 Å². The number of ether oxygens (including phenoxy) is 1. The lowest BCUT2D eigenvalue weighted by atomic mass is 10.0. The number of aromatic amines is 1. The van der Waals surface area contributed by atoms with Gasteiger partial charge in [-0.25, -0.2) is 9.78 Å². The molecule has 0 aliphatic carbocycles. The normalized spacial score (nSPS) is 11.6. The van der Waals surface area contributed by atoms with Crippen molar-refractivity contribution in [1.82, 2.24) is 9.97 Å². The van der Waals surface area contributed by atoms with Crippen molar-refractivity contribution < 1.29 is 9.53 Å². The molecule has 0 radical (unpaired) electrons. The molecule has 0 aliphatic heterocycles. The summed E-state index contributed by atoms with van der Waals surface area (Å²) in [5.74, 6) is -0.322. The number of nitriles is 1. The molecule has 136 valence electrons. The van der Waals surface area contributed by atoms with Gasteiger partial charge in [-0.1, -0.05) is 58.4 Å². The van der Waals surface area contributed by atoms with Gasteiger partial charge < -0.3 is 9.72 Å². The molecule has 0 spiro atoms. The van der Waals surface area contributed by atoms with E-state index in [0.29, 0.717) is 17.9 Å². The maximum atomic E-state index is 12.4. The fraction of sp³-hybridized carbons (Fsp3) is 0.190. The molecule has 0 aliphatic rings. The molecule has 3 aromatic rings. The summed E-state index contributed by atoms with van der Waals surface area (Å²) in [5.41, 5.74) is 2.79. The van der Waals surface area contributed by atoms with Crippen LogP contribution in [0.3, 0.4) is 0 Å². The van der Waals surface area contributed by atoms with Crippen LogP contribution in [0.4, 0.5) is 0 Å². The fourth-order valence-electron chi connectivity index (χ4n) is 2.68. The fourth-order valence-corrected chi connectivity index (χ4v) is 2.95. The molecule has 1 atom stereocenters. The van der Waals surface area contributed by atoms with E-state index in [2.05, 4.69) is 32.0 Å². The van der Waals surface area contributed by atoms with Crippen molar-refractivity contribution in [2.45, 2.75) is 13.3 Å². The lowest BCUT2D eigenvalue weighted by molar-refractivity contribution is 0.0461. The molecule has 0 saturated heterocycles. The topological polar surface area (TPSA) is 78.8 Å². The average Bonchev–Trinajstić information content (AvgIpc) is 3.09. The van der Waals surface area contributed by atoms with Gasteiger partial charge in [0.1, 0.15) is 12.4 Å². The highest BCUT2D eigenvalue weighted by Gasteiger charge is 2.19. The first-order valence-electron chi connectivity index (χ1n) is 8.50. The predicted octanol–water partition coefficient (Wildman–Crippen LogP) is 4.69. The summed E-state index contributed by atoms with van der Waals surface area (Å²) in [4.78, 5) is 19.9. The Hall–Kier alpha value is -2.91. The number of carbonyl (C=O) groups excluding carboxylic acids is 1. The molecule has 0 amide bonds. The highest BCUT2D eigenvalue weighted by atomic mass is 79.9. The number of halogens is 1. The summed E-state index contributed by atoms with van der Waals surface area (Å²) in [6.45, 7) is 1.80. The molecule has 0 fully saturated rings. The van der Waals surface area contributed by atoms with E-state index in [1.54, 1.807) is 6.92 Å². The first-order chi connectivity index (χ1) is 13.1. The Morgan fingerprint density at radius 1 is 1.22 bits per heavy atom. The van der Waals surface area contributed by atoms with Gasteiger partial charge in [-0.15, -0.1) is 0 Å². The number of nitrogens with one attached hydrogen (secondary N) is 1. The molecular formula is C21H18BrN3O2. The maximum Gasteiger partial charge on any atom is 0.358 e. The molecule has 0 bridgehead atoms. The summed E-state index contributed by atoms with van der Waals surface area (Å²) in [6.07, 6.45) is 0.520. The molecule has 1 aromatic heterocycles. The minimum atomic E-state index is -0.526. The average molecular weight is 424 g/mol. The largest absolute Gasteiger partial charge is 0.460 e. The first-order valence-corrected chi connectivity index (χ1v) is 9.29. The van der Waals surface area contributed by atoms with Crippen LogP contribution in [-0.2, 0) is 11.2 Å². The second-order valence-corrected chi connectivity index (χ2v) is 7.10. The number of esters is 1. The molecule has 3 rings (SSSR count). The maximum absolute atomic E-state index is 12.4. The van der Waals surface area contributed by atoms with Crippen molar-refractivity contribution in [2.75, 3.05) is 6.61 Å². The minimum absolute atomic E-state index is 0.0262. The zero-order valence-electron chi connectivity index (χ0n) is 14.8. The quantitative estimate of drug-likeness (QED) is 0.583. The van der Waals surface area contributed by atoms with Gasteiger partial charge in [0, 0.05) is 15.7 Å². The summed E-state index contributed by atoms with van der Waals surface area (Å²) in [6, 6.07) is 19.5. The Labute approximate surface area is 166 Å². The van der Waals surface area contributed by atoms with Crippen molar-refractivity contribution >= 4 is 21.9 Å². The number of rotatable bonds is 6. The van der Waals surface area contributed by atoms with Crippen LogP contribution in [0, 0.1) is 24.2 Å². The van der Waals surface area contributed by atoms with Gasteiger partial charge in [-0.2, -0.15) is 5.26 Å². The van der Waals surface area contributed by atoms with E-state index >= 15 is 0 Å². The van der Waals surface area contributed by atoms with Crippen molar-refractivity contribution in [3.05, 3.63) is 76.0 Å². The van der Waals surface area contributed by atoms with Gasteiger partial charge >= 0.3 is 5.97 Å². The van der Waals surface area contributed by atoms with Crippen molar-refractivity contribution in [3.63, 3.8) is 0 Å². The third-order valence-corrected chi connectivity index (χ3v) is 4.65. The number of hydrogen-bond donors (Lipinski definition) is 1. The summed E-state index contributed by atoms with van der Waals surface area (Å²) in [5, 5.41) is 9.36. The van der Waals surface area contributed by atoms with E-state index in [1.165, 1.54) is 0 Å². The van der Waals surface area contributed by atoms with Crippen LogP contribution in [-0.4, -0.2) is 22.5 Å². The predicted molar refractivity (Wildman–Crippen MR) is 106 cm³/mol. The molecule has 5 nitrogen and oxygen atoms in total. The SMILES string of the molecule is Cc1[nH]c(-c2ccccc2)nc1C(=O)OCC(C#N)Cc1ccc(Br)cc1. The van der Waals surface area contributed by atoms with E-state index in [9.17, 15) is 10.1 Å². The standard InChI is InChI=1S/C21H18BrN3O2/c1-14-19(25-20(24-14)17-5-3-2-4-6-17)21(26)27-13-16(12-23)11-15-7-9-18(22)10-8-15/h2-10,16H,11,13H2,1H3,(H,24,25). The van der Waals surface area contributed by atoms with E-state index in [1.807, 2.05) is 54.6 Å². The number of H-pyrrole nitrogens is 1. The van der Waals surface area contributed by atoms with Crippen LogP contribution in [0.2, 0.25) is 0 Å². The second-order valence-electron chi connectivity index (χ2n) is 6.18. The number of aryl methyl sites for hydroxylation is 1. The number of hydrogen-bond acceptors (Lipinski definition) is 4. The molecule has 1 unspecified atom stereocenters. The van der Waals surface area contributed by atoms with Crippen LogP contribution in [0.25, 0.3) is 11.4 Å². The Morgan fingerprint density at radius 2 is 1.93 bits per heavy atom. The molecule has 6 heteroatoms. The zero-order chi connectivity index (χ0) is 19.2. The van der Waals surface area contributed by atoms with Crippen LogP contribution in [0.5, 0.6) is 0 Å². The van der Waals surface area contributed by atoms with Crippen LogP contribution in [0.1, 0.15) is 21.7 Å². The number of imidazole rings is 1. The smallest absolute Gasteiger partial charge is 0.358 e. The number of carbonyl (C=O) groups is 1. The Kier molecular flexibility index (Phi) is 6.05.